The molecule has 128 valence electrons. The van der Waals surface area contributed by atoms with E-state index in [4.69, 9.17) is 14.9 Å². The van der Waals surface area contributed by atoms with Gasteiger partial charge in [0, 0.05) is 11.3 Å². The van der Waals surface area contributed by atoms with E-state index >= 15 is 0 Å². The summed E-state index contributed by atoms with van der Waals surface area (Å²) in [5, 5.41) is 5.83. The first kappa shape index (κ1) is 16.5. The Morgan fingerprint density at radius 3 is 2.88 bits per heavy atom. The number of rotatable bonds is 4. The van der Waals surface area contributed by atoms with Gasteiger partial charge in [0.05, 0.1) is 30.6 Å². The van der Waals surface area contributed by atoms with Crippen LogP contribution in [-0.2, 0) is 24.3 Å². The molecule has 0 spiro atoms. The first-order valence-electron chi connectivity index (χ1n) is 7.51. The Morgan fingerprint density at radius 1 is 1.42 bits per heavy atom. The van der Waals surface area contributed by atoms with Crippen LogP contribution >= 0.6 is 11.3 Å². The maximum absolute atomic E-state index is 12.1. The van der Waals surface area contributed by atoms with Gasteiger partial charge in [-0.05, 0) is 31.5 Å². The molecule has 0 atom stereocenters. The molecule has 3 rings (SSSR count). The number of anilines is 1. The molecule has 0 aliphatic carbocycles. The number of thiophene rings is 1. The van der Waals surface area contributed by atoms with Gasteiger partial charge in [-0.25, -0.2) is 4.79 Å². The zero-order valence-corrected chi connectivity index (χ0v) is 14.3. The predicted octanol–water partition coefficient (Wildman–Crippen LogP) is 2.61. The molecule has 1 aliphatic heterocycles. The molecule has 7 nitrogen and oxygen atoms in total. The lowest BCUT2D eigenvalue weighted by Crippen LogP contribution is -2.32. The van der Waals surface area contributed by atoms with E-state index in [1.807, 2.05) is 13.8 Å². The van der Waals surface area contributed by atoms with Gasteiger partial charge in [-0.15, -0.1) is 11.3 Å². The maximum Gasteiger partial charge on any atom is 0.320 e. The average Bonchev–Trinajstić information content (AvgIpc) is 3.11. The molecule has 24 heavy (non-hydrogen) atoms. The second kappa shape index (κ2) is 6.29. The van der Waals surface area contributed by atoms with Crippen molar-refractivity contribution in [2.24, 2.45) is 5.73 Å². The van der Waals surface area contributed by atoms with Crippen LogP contribution in [0.5, 0.6) is 0 Å². The predicted molar refractivity (Wildman–Crippen MR) is 90.0 cm³/mol. The number of hydrogen-bond donors (Lipinski definition) is 3. The van der Waals surface area contributed by atoms with E-state index in [-0.39, 0.29) is 12.1 Å². The summed E-state index contributed by atoms with van der Waals surface area (Å²) in [7, 11) is 0. The van der Waals surface area contributed by atoms with E-state index in [2.05, 4.69) is 10.6 Å². The number of carbonyl (C=O) groups is 2. The first-order valence-corrected chi connectivity index (χ1v) is 8.33. The standard InChI is InChI=1S/C16H19N3O4S/c1-16(2)6-10-11(8-23-16)24-14(12(10)13(17)20)19-15(21)18-7-9-4-3-5-22-9/h3-5H,6-8H2,1-2H3,(H2,17,20)(H2,18,19,21). The number of fused-ring (bicyclic) bond motifs is 1. The molecule has 3 amide bonds. The quantitative estimate of drug-likeness (QED) is 0.788. The third-order valence-corrected chi connectivity index (χ3v) is 4.88. The summed E-state index contributed by atoms with van der Waals surface area (Å²) in [6.07, 6.45) is 2.11. The highest BCUT2D eigenvalue weighted by molar-refractivity contribution is 7.17. The number of carbonyl (C=O) groups excluding carboxylic acids is 2. The number of nitrogens with two attached hydrogens (primary N) is 1. The molecule has 2 aromatic heterocycles. The first-order chi connectivity index (χ1) is 11.4. The zero-order valence-electron chi connectivity index (χ0n) is 13.5. The van der Waals surface area contributed by atoms with Crippen LogP contribution in [0.2, 0.25) is 0 Å². The maximum atomic E-state index is 12.1. The summed E-state index contributed by atoms with van der Waals surface area (Å²) in [4.78, 5) is 24.9. The topological polar surface area (TPSA) is 107 Å². The van der Waals surface area contributed by atoms with Gasteiger partial charge in [0.2, 0.25) is 0 Å². The molecule has 0 radical (unpaired) electrons. The summed E-state index contributed by atoms with van der Waals surface area (Å²) < 4.78 is 10.9. The number of hydrogen-bond acceptors (Lipinski definition) is 5. The SMILES string of the molecule is CC1(C)Cc2c(sc(NC(=O)NCc3ccco3)c2C(N)=O)CO1. The Balaban J connectivity index is 1.77. The molecule has 1 aliphatic rings. The highest BCUT2D eigenvalue weighted by atomic mass is 32.1. The Hall–Kier alpha value is -2.32. The van der Waals surface area contributed by atoms with Crippen LogP contribution in [0.15, 0.2) is 22.8 Å². The molecule has 0 unspecified atom stereocenters. The van der Waals surface area contributed by atoms with Crippen LogP contribution in [-0.4, -0.2) is 17.5 Å². The van der Waals surface area contributed by atoms with Gasteiger partial charge < -0.3 is 20.2 Å². The number of amides is 3. The van der Waals surface area contributed by atoms with Crippen LogP contribution in [0.4, 0.5) is 9.80 Å². The van der Waals surface area contributed by atoms with Gasteiger partial charge in [-0.3, -0.25) is 10.1 Å². The molecule has 2 aromatic rings. The number of ether oxygens (including phenoxy) is 1. The van der Waals surface area contributed by atoms with Gasteiger partial charge >= 0.3 is 6.03 Å². The van der Waals surface area contributed by atoms with Crippen LogP contribution in [0.3, 0.4) is 0 Å². The largest absolute Gasteiger partial charge is 0.467 e. The summed E-state index contributed by atoms with van der Waals surface area (Å²) in [5.74, 6) is 0.0902. The Kier molecular flexibility index (Phi) is 4.33. The van der Waals surface area contributed by atoms with Crippen molar-refractivity contribution in [1.82, 2.24) is 5.32 Å². The molecular weight excluding hydrogens is 330 g/mol. The number of urea groups is 1. The summed E-state index contributed by atoms with van der Waals surface area (Å²) in [5.41, 5.74) is 6.42. The summed E-state index contributed by atoms with van der Waals surface area (Å²) in [6.45, 7) is 4.58. The molecule has 0 saturated carbocycles. The number of nitrogens with one attached hydrogen (secondary N) is 2. The number of furan rings is 1. The van der Waals surface area contributed by atoms with Gasteiger partial charge in [-0.1, -0.05) is 0 Å². The number of primary amides is 1. The van der Waals surface area contributed by atoms with E-state index < -0.39 is 11.9 Å². The van der Waals surface area contributed by atoms with E-state index in [1.165, 1.54) is 17.6 Å². The molecule has 0 saturated heterocycles. The lowest BCUT2D eigenvalue weighted by Gasteiger charge is -2.30. The van der Waals surface area contributed by atoms with Crippen molar-refractivity contribution < 1.29 is 18.7 Å². The minimum atomic E-state index is -0.550. The fourth-order valence-electron chi connectivity index (χ4n) is 2.63. The Morgan fingerprint density at radius 2 is 2.21 bits per heavy atom. The Labute approximate surface area is 143 Å². The second-order valence-corrected chi connectivity index (χ2v) is 7.29. The second-order valence-electron chi connectivity index (χ2n) is 6.18. The minimum Gasteiger partial charge on any atom is -0.467 e. The van der Waals surface area contributed by atoms with E-state index in [0.717, 1.165) is 10.4 Å². The van der Waals surface area contributed by atoms with Crippen LogP contribution < -0.4 is 16.4 Å². The van der Waals surface area contributed by atoms with Crippen molar-refractivity contribution >= 4 is 28.3 Å². The van der Waals surface area contributed by atoms with Crippen LogP contribution in [0.25, 0.3) is 0 Å². The highest BCUT2D eigenvalue weighted by Crippen LogP contribution is 2.40. The van der Waals surface area contributed by atoms with E-state index in [9.17, 15) is 9.59 Å². The molecule has 0 fully saturated rings. The van der Waals surface area contributed by atoms with Crippen molar-refractivity contribution in [3.05, 3.63) is 40.2 Å². The third kappa shape index (κ3) is 3.44. The summed E-state index contributed by atoms with van der Waals surface area (Å²) in [6, 6.07) is 3.08. The lowest BCUT2D eigenvalue weighted by atomic mass is 9.93. The van der Waals surface area contributed by atoms with Gasteiger partial charge in [0.25, 0.3) is 5.91 Å². The van der Waals surface area contributed by atoms with Gasteiger partial charge in [0.15, 0.2) is 0 Å². The lowest BCUT2D eigenvalue weighted by molar-refractivity contribution is -0.0383. The fraction of sp³-hybridized carbons (Fsp3) is 0.375. The molecule has 0 aromatic carbocycles. The Bertz CT molecular complexity index is 765. The van der Waals surface area contributed by atoms with Crippen LogP contribution in [0.1, 0.15) is 40.4 Å². The zero-order chi connectivity index (χ0) is 17.3. The van der Waals surface area contributed by atoms with E-state index in [0.29, 0.717) is 29.4 Å². The normalized spacial score (nSPS) is 15.6. The molecule has 0 bridgehead atoms. The molecule has 8 heteroatoms. The molecule has 4 N–H and O–H groups in total. The molecule has 3 heterocycles. The van der Waals surface area contributed by atoms with Crippen molar-refractivity contribution in [3.63, 3.8) is 0 Å². The molecular formula is C16H19N3O4S. The van der Waals surface area contributed by atoms with Crippen LogP contribution in [0, 0.1) is 0 Å². The smallest absolute Gasteiger partial charge is 0.320 e. The van der Waals surface area contributed by atoms with Crippen molar-refractivity contribution in [1.29, 1.82) is 0 Å². The summed E-state index contributed by atoms with van der Waals surface area (Å²) >= 11 is 1.32. The monoisotopic (exact) mass is 349 g/mol. The fourth-order valence-corrected chi connectivity index (χ4v) is 3.76. The van der Waals surface area contributed by atoms with E-state index in [1.54, 1.807) is 12.1 Å². The highest BCUT2D eigenvalue weighted by Gasteiger charge is 2.33. The van der Waals surface area contributed by atoms with Crippen molar-refractivity contribution in [2.75, 3.05) is 5.32 Å². The minimum absolute atomic E-state index is 0.256. The van der Waals surface area contributed by atoms with Crippen molar-refractivity contribution in [3.8, 4) is 0 Å². The van der Waals surface area contributed by atoms with Gasteiger partial charge in [-0.2, -0.15) is 0 Å². The average molecular weight is 349 g/mol. The van der Waals surface area contributed by atoms with Gasteiger partial charge in [0.1, 0.15) is 10.8 Å². The third-order valence-electron chi connectivity index (χ3n) is 3.76. The van der Waals surface area contributed by atoms with Crippen molar-refractivity contribution in [2.45, 2.75) is 39.0 Å².